The van der Waals surface area contributed by atoms with E-state index in [4.69, 9.17) is 5.73 Å². The van der Waals surface area contributed by atoms with Crippen molar-refractivity contribution in [3.63, 3.8) is 0 Å². The Morgan fingerprint density at radius 2 is 1.79 bits per heavy atom. The number of nitrogens with zero attached hydrogens (tertiary/aromatic N) is 2. The summed E-state index contributed by atoms with van der Waals surface area (Å²) in [5.41, 5.74) is 5.06. The van der Waals surface area contributed by atoms with Crippen molar-refractivity contribution < 1.29 is 9.59 Å². The molecule has 0 atom stereocenters. The molecule has 0 saturated carbocycles. The van der Waals surface area contributed by atoms with Crippen LogP contribution in [0.1, 0.15) is 13.8 Å². The van der Waals surface area contributed by atoms with Crippen LogP contribution in [0.2, 0.25) is 0 Å². The summed E-state index contributed by atoms with van der Waals surface area (Å²) in [6.45, 7) is 4.49. The number of amides is 3. The molecule has 0 bridgehead atoms. The Balaban J connectivity index is 4.38. The summed E-state index contributed by atoms with van der Waals surface area (Å²) in [5, 5.41) is 0. The molecule has 82 valence electrons. The van der Waals surface area contributed by atoms with Crippen LogP contribution < -0.4 is 5.73 Å². The quantitative estimate of drug-likeness (QED) is 0.701. The third-order valence-corrected chi connectivity index (χ3v) is 1.59. The highest BCUT2D eigenvalue weighted by Gasteiger charge is 2.18. The molecule has 14 heavy (non-hydrogen) atoms. The molecule has 5 nitrogen and oxygen atoms in total. The van der Waals surface area contributed by atoms with E-state index in [1.54, 1.807) is 14.1 Å². The topological polar surface area (TPSA) is 66.6 Å². The smallest absolute Gasteiger partial charge is 0.319 e. The summed E-state index contributed by atoms with van der Waals surface area (Å²) in [4.78, 5) is 25.2. The van der Waals surface area contributed by atoms with Gasteiger partial charge in [-0.1, -0.05) is 13.8 Å². The van der Waals surface area contributed by atoms with E-state index in [1.807, 2.05) is 13.8 Å². The predicted octanol–water partition coefficient (Wildman–Crippen LogP) is 0.111. The number of hydrogen-bond acceptors (Lipinski definition) is 2. The summed E-state index contributed by atoms with van der Waals surface area (Å²) in [6, 6.07) is -0.183. The van der Waals surface area contributed by atoms with Crippen LogP contribution in [-0.4, -0.2) is 48.9 Å². The molecule has 0 radical (unpaired) electrons. The van der Waals surface area contributed by atoms with E-state index in [1.165, 1.54) is 9.80 Å². The van der Waals surface area contributed by atoms with E-state index in [9.17, 15) is 9.59 Å². The van der Waals surface area contributed by atoms with Gasteiger partial charge in [-0.3, -0.25) is 4.79 Å². The second kappa shape index (κ2) is 5.47. The zero-order valence-electron chi connectivity index (χ0n) is 9.28. The van der Waals surface area contributed by atoms with Gasteiger partial charge in [-0.25, -0.2) is 4.79 Å². The molecule has 3 amide bonds. The molecule has 0 unspecified atom stereocenters. The molecule has 5 heteroatoms. The van der Waals surface area contributed by atoms with Gasteiger partial charge in [-0.15, -0.1) is 0 Å². The Labute approximate surface area is 84.8 Å². The van der Waals surface area contributed by atoms with Gasteiger partial charge in [-0.2, -0.15) is 0 Å². The van der Waals surface area contributed by atoms with Crippen LogP contribution in [0, 0.1) is 5.92 Å². The first-order valence-corrected chi connectivity index (χ1v) is 4.59. The van der Waals surface area contributed by atoms with E-state index in [0.29, 0.717) is 12.5 Å². The van der Waals surface area contributed by atoms with Gasteiger partial charge in [-0.05, 0) is 5.92 Å². The predicted molar refractivity (Wildman–Crippen MR) is 54.7 cm³/mol. The molecule has 0 spiro atoms. The summed E-state index contributed by atoms with van der Waals surface area (Å²) in [7, 11) is 3.30. The molecule has 0 heterocycles. The molecule has 0 fully saturated rings. The van der Waals surface area contributed by atoms with Crippen molar-refractivity contribution in [2.24, 2.45) is 11.7 Å². The fraction of sp³-hybridized carbons (Fsp3) is 0.778. The molecule has 2 N–H and O–H groups in total. The summed E-state index contributed by atoms with van der Waals surface area (Å²) >= 11 is 0. The number of nitrogens with two attached hydrogens (primary N) is 1. The second-order valence-electron chi connectivity index (χ2n) is 3.92. The van der Waals surface area contributed by atoms with Gasteiger partial charge >= 0.3 is 6.03 Å². The van der Waals surface area contributed by atoms with Crippen LogP contribution in [0.4, 0.5) is 4.79 Å². The van der Waals surface area contributed by atoms with Crippen LogP contribution in [-0.2, 0) is 4.79 Å². The Hall–Kier alpha value is -1.26. The molecule has 0 aromatic heterocycles. The van der Waals surface area contributed by atoms with Crippen LogP contribution in [0.3, 0.4) is 0 Å². The minimum Gasteiger partial charge on any atom is -0.368 e. The van der Waals surface area contributed by atoms with E-state index in [0.717, 1.165) is 0 Å². The highest BCUT2D eigenvalue weighted by atomic mass is 16.2. The third-order valence-electron chi connectivity index (χ3n) is 1.59. The minimum absolute atomic E-state index is 0.0187. The molecular formula is C9H19N3O2. The number of hydrogen-bond donors (Lipinski definition) is 1. The lowest BCUT2D eigenvalue weighted by Gasteiger charge is -2.26. The van der Waals surface area contributed by atoms with Crippen molar-refractivity contribution >= 4 is 11.9 Å². The molecule has 0 rings (SSSR count). The van der Waals surface area contributed by atoms with Gasteiger partial charge < -0.3 is 15.5 Å². The van der Waals surface area contributed by atoms with Crippen molar-refractivity contribution in [3.05, 3.63) is 0 Å². The maximum Gasteiger partial charge on any atom is 0.319 e. The monoisotopic (exact) mass is 201 g/mol. The first-order chi connectivity index (χ1) is 6.34. The Bertz CT molecular complexity index is 214. The van der Waals surface area contributed by atoms with Gasteiger partial charge in [0.25, 0.3) is 0 Å². The average molecular weight is 201 g/mol. The van der Waals surface area contributed by atoms with E-state index in [2.05, 4.69) is 0 Å². The highest BCUT2D eigenvalue weighted by molar-refractivity contribution is 5.82. The number of carbonyl (C=O) groups is 2. The molecule has 0 aromatic carbocycles. The molecule has 0 aliphatic heterocycles. The van der Waals surface area contributed by atoms with Crippen LogP contribution in [0.25, 0.3) is 0 Å². The maximum absolute atomic E-state index is 11.6. The van der Waals surface area contributed by atoms with Crippen LogP contribution in [0.5, 0.6) is 0 Å². The van der Waals surface area contributed by atoms with Gasteiger partial charge in [0.1, 0.15) is 6.54 Å². The summed E-state index contributed by atoms with van der Waals surface area (Å²) in [5.74, 6) is -0.167. The fourth-order valence-corrected chi connectivity index (χ4v) is 1.12. The highest BCUT2D eigenvalue weighted by Crippen LogP contribution is 2.01. The Morgan fingerprint density at radius 3 is 2.07 bits per heavy atom. The standard InChI is InChI=1S/C9H19N3O2/c1-7(2)5-12(6-8(10)13)9(14)11(3)4/h7H,5-6H2,1-4H3,(H2,10,13). The summed E-state index contributed by atoms with van der Waals surface area (Å²) in [6.07, 6.45) is 0. The second-order valence-corrected chi connectivity index (χ2v) is 3.92. The average Bonchev–Trinajstić information content (AvgIpc) is 1.99. The number of rotatable bonds is 4. The minimum atomic E-state index is -0.485. The first kappa shape index (κ1) is 12.7. The van der Waals surface area contributed by atoms with Crippen molar-refractivity contribution in [2.45, 2.75) is 13.8 Å². The number of carbonyl (C=O) groups excluding carboxylic acids is 2. The molecule has 0 aliphatic rings. The third kappa shape index (κ3) is 4.69. The largest absolute Gasteiger partial charge is 0.368 e. The van der Waals surface area contributed by atoms with Crippen molar-refractivity contribution in [1.82, 2.24) is 9.80 Å². The molecule has 0 aliphatic carbocycles. The lowest BCUT2D eigenvalue weighted by molar-refractivity contribution is -0.118. The summed E-state index contributed by atoms with van der Waals surface area (Å²) < 4.78 is 0. The maximum atomic E-state index is 11.6. The van der Waals surface area contributed by atoms with Gasteiger partial charge in [0.05, 0.1) is 0 Å². The van der Waals surface area contributed by atoms with Crippen molar-refractivity contribution in [2.75, 3.05) is 27.2 Å². The zero-order chi connectivity index (χ0) is 11.3. The SMILES string of the molecule is CC(C)CN(CC(N)=O)C(=O)N(C)C. The lowest BCUT2D eigenvalue weighted by atomic mass is 10.2. The molecule has 0 saturated heterocycles. The molecule has 0 aromatic rings. The van der Waals surface area contributed by atoms with Crippen LogP contribution in [0.15, 0.2) is 0 Å². The number of urea groups is 1. The Kier molecular flexibility index (Phi) is 4.97. The van der Waals surface area contributed by atoms with Crippen molar-refractivity contribution in [1.29, 1.82) is 0 Å². The zero-order valence-corrected chi connectivity index (χ0v) is 9.28. The van der Waals surface area contributed by atoms with Gasteiger partial charge in [0.2, 0.25) is 5.91 Å². The van der Waals surface area contributed by atoms with E-state index < -0.39 is 5.91 Å². The van der Waals surface area contributed by atoms with E-state index >= 15 is 0 Å². The lowest BCUT2D eigenvalue weighted by Crippen LogP contribution is -2.45. The Morgan fingerprint density at radius 1 is 1.29 bits per heavy atom. The molecular weight excluding hydrogens is 182 g/mol. The first-order valence-electron chi connectivity index (χ1n) is 4.59. The van der Waals surface area contributed by atoms with Gasteiger partial charge in [0.15, 0.2) is 0 Å². The van der Waals surface area contributed by atoms with Crippen LogP contribution >= 0.6 is 0 Å². The van der Waals surface area contributed by atoms with Gasteiger partial charge in [0, 0.05) is 20.6 Å². The van der Waals surface area contributed by atoms with E-state index in [-0.39, 0.29) is 12.6 Å². The van der Waals surface area contributed by atoms with Crippen molar-refractivity contribution in [3.8, 4) is 0 Å². The normalized spacial score (nSPS) is 10.1. The number of primary amides is 1. The fourth-order valence-electron chi connectivity index (χ4n) is 1.12.